The van der Waals surface area contributed by atoms with Crippen LogP contribution in [0.25, 0.3) is 10.9 Å². The van der Waals surface area contributed by atoms with Crippen molar-refractivity contribution in [3.8, 4) is 0 Å². The fourth-order valence-corrected chi connectivity index (χ4v) is 3.06. The van der Waals surface area contributed by atoms with Crippen molar-refractivity contribution in [2.75, 3.05) is 7.11 Å². The number of nitrogens with zero attached hydrogens (tertiary/aromatic N) is 1. The zero-order valence-electron chi connectivity index (χ0n) is 12.5. The zero-order chi connectivity index (χ0) is 16.5. The van der Waals surface area contributed by atoms with Crippen molar-refractivity contribution in [3.05, 3.63) is 30.5 Å². The molecule has 0 fully saturated rings. The molecule has 112 valence electrons. The molecule has 1 heterocycles. The second kappa shape index (κ2) is 6.26. The molecule has 0 atom stereocenters. The van der Waals surface area contributed by atoms with E-state index in [9.17, 15) is 9.59 Å². The van der Waals surface area contributed by atoms with Gasteiger partial charge >= 0.3 is 5.97 Å². The fraction of sp³-hybridized carbons (Fsp3) is 0.267. The molecule has 0 N–H and O–H groups in total. The number of fused-ring (bicyclic) bond motifs is 1. The van der Waals surface area contributed by atoms with Gasteiger partial charge in [-0.2, -0.15) is 0 Å². The number of benzene rings is 1. The Balaban J connectivity index is 2.25. The molecular formula is C15H14BNO3S2. The number of esters is 1. The van der Waals surface area contributed by atoms with Gasteiger partial charge in [-0.25, -0.2) is 0 Å². The standard InChI is InChI=1S/C15H14BNO3S2/c1-15(2,12(18)20-3)13(19)22-14(21)17-7-6-9-8-10(16)4-5-11(9)17/h4-8H,1-3H3. The molecule has 0 aliphatic heterocycles. The first-order valence-electron chi connectivity index (χ1n) is 6.49. The molecule has 0 aliphatic rings. The molecule has 0 unspecified atom stereocenters. The van der Waals surface area contributed by atoms with Crippen LogP contribution in [0.4, 0.5) is 0 Å². The second-order valence-electron chi connectivity index (χ2n) is 5.28. The van der Waals surface area contributed by atoms with E-state index < -0.39 is 11.4 Å². The van der Waals surface area contributed by atoms with Crippen LogP contribution in [0.5, 0.6) is 0 Å². The number of aromatic nitrogens is 1. The molecule has 1 aromatic carbocycles. The zero-order valence-corrected chi connectivity index (χ0v) is 14.1. The number of thioether (sulfide) groups is 1. The first-order valence-corrected chi connectivity index (χ1v) is 7.71. The lowest BCUT2D eigenvalue weighted by Gasteiger charge is -2.19. The Morgan fingerprint density at radius 3 is 2.64 bits per heavy atom. The molecule has 0 spiro atoms. The third kappa shape index (κ3) is 3.10. The predicted octanol–water partition coefficient (Wildman–Crippen LogP) is 2.03. The Kier molecular flexibility index (Phi) is 4.77. The van der Waals surface area contributed by atoms with Gasteiger partial charge < -0.3 is 9.30 Å². The molecule has 4 nitrogen and oxygen atoms in total. The summed E-state index contributed by atoms with van der Waals surface area (Å²) in [6, 6.07) is 7.31. The van der Waals surface area contributed by atoms with E-state index in [-0.39, 0.29) is 5.12 Å². The molecule has 2 rings (SSSR count). The minimum absolute atomic E-state index is 0.349. The van der Waals surface area contributed by atoms with Crippen molar-refractivity contribution < 1.29 is 14.3 Å². The number of ether oxygens (including phenoxy) is 1. The maximum absolute atomic E-state index is 12.3. The van der Waals surface area contributed by atoms with E-state index in [1.54, 1.807) is 16.8 Å². The van der Waals surface area contributed by atoms with Crippen molar-refractivity contribution in [3.63, 3.8) is 0 Å². The summed E-state index contributed by atoms with van der Waals surface area (Å²) in [6.45, 7) is 3.04. The fourth-order valence-electron chi connectivity index (χ4n) is 1.91. The highest BCUT2D eigenvalue weighted by Crippen LogP contribution is 2.28. The minimum Gasteiger partial charge on any atom is -0.468 e. The average Bonchev–Trinajstić information content (AvgIpc) is 2.88. The van der Waals surface area contributed by atoms with Crippen LogP contribution in [0.1, 0.15) is 13.8 Å². The summed E-state index contributed by atoms with van der Waals surface area (Å²) in [4.78, 5) is 24.0. The van der Waals surface area contributed by atoms with Gasteiger partial charge in [0, 0.05) is 6.20 Å². The van der Waals surface area contributed by atoms with Gasteiger partial charge in [0.1, 0.15) is 13.3 Å². The van der Waals surface area contributed by atoms with Crippen LogP contribution in [-0.4, -0.2) is 34.9 Å². The SMILES string of the molecule is [B]c1ccc2c(ccn2C(=S)SC(=O)C(C)(C)C(=O)OC)c1. The molecule has 0 saturated carbocycles. The summed E-state index contributed by atoms with van der Waals surface area (Å²) in [7, 11) is 7.00. The van der Waals surface area contributed by atoms with Crippen LogP contribution in [-0.2, 0) is 14.3 Å². The molecule has 22 heavy (non-hydrogen) atoms. The summed E-state index contributed by atoms with van der Waals surface area (Å²) in [5, 5.41) is 0.573. The molecule has 1 aromatic heterocycles. The average molecular weight is 331 g/mol. The number of rotatable bonds is 2. The maximum atomic E-state index is 12.3. The highest BCUT2D eigenvalue weighted by molar-refractivity contribution is 8.33. The summed E-state index contributed by atoms with van der Waals surface area (Å²) in [6.07, 6.45) is 1.78. The number of hydrogen-bond acceptors (Lipinski definition) is 5. The smallest absolute Gasteiger partial charge is 0.319 e. The number of carbonyl (C=O) groups is 2. The van der Waals surface area contributed by atoms with Crippen LogP contribution in [0, 0.1) is 5.41 Å². The second-order valence-corrected chi connectivity index (χ2v) is 6.88. The monoisotopic (exact) mass is 331 g/mol. The Hall–Kier alpha value is -1.60. The first kappa shape index (κ1) is 16.8. The van der Waals surface area contributed by atoms with E-state index in [1.807, 2.05) is 18.2 Å². The highest BCUT2D eigenvalue weighted by atomic mass is 32.2. The van der Waals surface area contributed by atoms with Gasteiger partial charge in [-0.15, -0.1) is 0 Å². The molecule has 7 heteroatoms. The van der Waals surface area contributed by atoms with Gasteiger partial charge in [-0.05, 0) is 43.1 Å². The van der Waals surface area contributed by atoms with Gasteiger partial charge in [0.05, 0.1) is 12.6 Å². The molecule has 2 radical (unpaired) electrons. The Labute approximate surface area is 139 Å². The summed E-state index contributed by atoms with van der Waals surface area (Å²) in [5.41, 5.74) is 0.263. The van der Waals surface area contributed by atoms with Crippen LogP contribution in [0.15, 0.2) is 30.5 Å². The van der Waals surface area contributed by atoms with Crippen LogP contribution < -0.4 is 5.46 Å². The molecular weight excluding hydrogens is 317 g/mol. The number of carbonyl (C=O) groups excluding carboxylic acids is 2. The Morgan fingerprint density at radius 2 is 2.00 bits per heavy atom. The van der Waals surface area contributed by atoms with Gasteiger partial charge in [0.25, 0.3) is 0 Å². The molecule has 0 saturated heterocycles. The lowest BCUT2D eigenvalue weighted by molar-refractivity contribution is -0.153. The van der Waals surface area contributed by atoms with Crippen LogP contribution >= 0.6 is 24.0 Å². The summed E-state index contributed by atoms with van der Waals surface area (Å²) >= 11 is 6.17. The molecule has 0 bridgehead atoms. The van der Waals surface area contributed by atoms with Gasteiger partial charge in [-0.1, -0.05) is 29.8 Å². The number of hydrogen-bond donors (Lipinski definition) is 0. The lowest BCUT2D eigenvalue weighted by atomic mass is 9.95. The molecule has 0 amide bonds. The van der Waals surface area contributed by atoms with Gasteiger partial charge in [0.15, 0.2) is 4.32 Å². The summed E-state index contributed by atoms with van der Waals surface area (Å²) in [5.74, 6) is -0.585. The van der Waals surface area contributed by atoms with Crippen molar-refractivity contribution in [2.24, 2.45) is 5.41 Å². The number of thiocarbonyl (C=S) groups is 1. The van der Waals surface area contributed by atoms with E-state index in [4.69, 9.17) is 20.1 Å². The largest absolute Gasteiger partial charge is 0.468 e. The minimum atomic E-state index is -1.25. The highest BCUT2D eigenvalue weighted by Gasteiger charge is 2.38. The van der Waals surface area contributed by atoms with Crippen LogP contribution in [0.3, 0.4) is 0 Å². The topological polar surface area (TPSA) is 48.3 Å². The van der Waals surface area contributed by atoms with Gasteiger partial charge in [-0.3, -0.25) is 9.59 Å². The van der Waals surface area contributed by atoms with Crippen LogP contribution in [0.2, 0.25) is 0 Å². The quantitative estimate of drug-likeness (QED) is 0.365. The molecule has 2 aromatic rings. The van der Waals surface area contributed by atoms with Crippen molar-refractivity contribution in [1.29, 1.82) is 0 Å². The third-order valence-corrected chi connectivity index (χ3v) is 4.81. The first-order chi connectivity index (χ1) is 10.3. The predicted molar refractivity (Wildman–Crippen MR) is 93.7 cm³/mol. The summed E-state index contributed by atoms with van der Waals surface area (Å²) < 4.78 is 6.73. The third-order valence-electron chi connectivity index (χ3n) is 3.30. The van der Waals surface area contributed by atoms with E-state index in [0.29, 0.717) is 9.78 Å². The normalized spacial score (nSPS) is 11.4. The van der Waals surface area contributed by atoms with Crippen molar-refractivity contribution >= 4 is 63.6 Å². The number of methoxy groups -OCH3 is 1. The van der Waals surface area contributed by atoms with E-state index in [2.05, 4.69) is 4.74 Å². The molecule has 0 aliphatic carbocycles. The maximum Gasteiger partial charge on any atom is 0.319 e. The Morgan fingerprint density at radius 1 is 1.32 bits per heavy atom. The Bertz CT molecular complexity index is 767. The van der Waals surface area contributed by atoms with E-state index >= 15 is 0 Å². The van der Waals surface area contributed by atoms with Crippen molar-refractivity contribution in [2.45, 2.75) is 13.8 Å². The van der Waals surface area contributed by atoms with Gasteiger partial charge in [0.2, 0.25) is 5.12 Å². The van der Waals surface area contributed by atoms with Crippen molar-refractivity contribution in [1.82, 2.24) is 4.57 Å². The van der Waals surface area contributed by atoms with E-state index in [0.717, 1.165) is 22.7 Å². The van der Waals surface area contributed by atoms with E-state index in [1.165, 1.54) is 21.0 Å². The lowest BCUT2D eigenvalue weighted by Crippen LogP contribution is -2.33.